The van der Waals surface area contributed by atoms with Gasteiger partial charge in [-0.05, 0) is 21.4 Å². The van der Waals surface area contributed by atoms with Crippen LogP contribution in [0.2, 0.25) is 0 Å². The van der Waals surface area contributed by atoms with Crippen LogP contribution in [0, 0.1) is 0 Å². The average Bonchev–Trinajstić information content (AvgIpc) is 3.19. The maximum absolute atomic E-state index is 13.0. The van der Waals surface area contributed by atoms with Crippen molar-refractivity contribution in [3.05, 3.63) is 11.0 Å². The van der Waals surface area contributed by atoms with Gasteiger partial charge in [0.25, 0.3) is 11.6 Å². The number of thioether (sulfide) groups is 3. The molecule has 14 nitrogen and oxygen atoms in total. The maximum Gasteiger partial charge on any atom is 1.00 e. The predicted molar refractivity (Wildman–Crippen MR) is 115 cm³/mol. The van der Waals surface area contributed by atoms with Crippen molar-refractivity contribution in [1.29, 1.82) is 0 Å². The summed E-state index contributed by atoms with van der Waals surface area (Å²) in [5.41, 5.74) is 4.05. The van der Waals surface area contributed by atoms with Crippen molar-refractivity contribution in [2.45, 2.75) is 28.3 Å². The molecule has 4 atom stereocenters. The fourth-order valence-electron chi connectivity index (χ4n) is 3.16. The number of methoxy groups -OCH3 is 1. The molecule has 0 radical (unpaired) electrons. The first kappa shape index (κ1) is 28.9. The van der Waals surface area contributed by atoms with E-state index in [1.807, 2.05) is 0 Å². The summed E-state index contributed by atoms with van der Waals surface area (Å²) in [7, 11) is 2.87. The number of rotatable bonds is 11. The summed E-state index contributed by atoms with van der Waals surface area (Å²) < 4.78 is 6.77. The molecule has 0 bridgehead atoms. The Kier molecular flexibility index (Phi) is 10.3. The molecule has 4 N–H and O–H groups in total. The summed E-state index contributed by atoms with van der Waals surface area (Å²) in [6, 6.07) is -2.47. The number of nitrogens with two attached hydrogens (primary N) is 1. The minimum absolute atomic E-state index is 0. The molecule has 1 fully saturated rings. The van der Waals surface area contributed by atoms with E-state index in [0.29, 0.717) is 10.7 Å². The van der Waals surface area contributed by atoms with Gasteiger partial charge in [-0.2, -0.15) is 0 Å². The number of amides is 2. The van der Waals surface area contributed by atoms with Crippen LogP contribution in [0.25, 0.3) is 0 Å². The Balaban J connectivity index is 0.00000408. The van der Waals surface area contributed by atoms with E-state index in [1.165, 1.54) is 23.6 Å². The summed E-state index contributed by atoms with van der Waals surface area (Å²) in [4.78, 5) is 49.2. The third-order valence-corrected chi connectivity index (χ3v) is 8.20. The van der Waals surface area contributed by atoms with Crippen molar-refractivity contribution < 1.29 is 63.7 Å². The monoisotopic (exact) mass is 541 g/mol. The van der Waals surface area contributed by atoms with Crippen LogP contribution in [0.15, 0.2) is 16.1 Å². The Hall–Kier alpha value is -1.34. The first-order valence-corrected chi connectivity index (χ1v) is 12.4. The standard InChI is InChI=1S/C16H21N7O7S3.Na/c1-22-15(19-20-21-22)33-4-7-3-32-14-16(30-2,13(29)23(14)10(7)12(27)28)18-9(24)6-31-5-8(17)11(25)26;/h3,8,10,14H,4-6,17H2,1-2H3,(H,18,24)(H,25,26)(H,27,28);/q;+1/p-1/t8-,10?,14-,16+;/m1./s1. The molecule has 0 aromatic carbocycles. The predicted octanol–water partition coefficient (Wildman–Crippen LogP) is -6.17. The van der Waals surface area contributed by atoms with E-state index in [2.05, 4.69) is 20.8 Å². The van der Waals surface area contributed by atoms with E-state index < -0.39 is 46.9 Å². The molecule has 2 amide bonds. The van der Waals surface area contributed by atoms with Gasteiger partial charge in [0.1, 0.15) is 11.4 Å². The molecule has 3 rings (SSSR count). The fourth-order valence-corrected chi connectivity index (χ4v) is 6.20. The molecule has 0 aliphatic carbocycles. The molecule has 18 heteroatoms. The van der Waals surface area contributed by atoms with E-state index >= 15 is 0 Å². The molecule has 0 saturated carbocycles. The van der Waals surface area contributed by atoms with Gasteiger partial charge in [-0.15, -0.1) is 28.6 Å². The maximum atomic E-state index is 13.0. The van der Waals surface area contributed by atoms with Gasteiger partial charge in [0.05, 0.1) is 17.8 Å². The molecular formula is C16H20N7NaO7S3. The minimum Gasteiger partial charge on any atom is -0.548 e. The van der Waals surface area contributed by atoms with E-state index in [-0.39, 0.29) is 46.8 Å². The number of tetrazole rings is 1. The molecular weight excluding hydrogens is 521 g/mol. The van der Waals surface area contributed by atoms with Gasteiger partial charge in [-0.3, -0.25) is 14.4 Å². The van der Waals surface area contributed by atoms with Crippen molar-refractivity contribution in [2.75, 3.05) is 24.4 Å². The van der Waals surface area contributed by atoms with Crippen LogP contribution in [0.3, 0.4) is 0 Å². The Bertz CT molecular complexity index is 996. The Labute approximate surface area is 228 Å². The summed E-state index contributed by atoms with van der Waals surface area (Å²) >= 11 is 3.31. The third-order valence-electron chi connectivity index (χ3n) is 4.80. The molecule has 3 heterocycles. The summed E-state index contributed by atoms with van der Waals surface area (Å²) in [6.07, 6.45) is 0. The Morgan fingerprint density at radius 3 is 2.74 bits per heavy atom. The van der Waals surface area contributed by atoms with E-state index in [9.17, 15) is 24.3 Å². The quantitative estimate of drug-likeness (QED) is 0.103. The van der Waals surface area contributed by atoms with Crippen molar-refractivity contribution in [3.63, 3.8) is 0 Å². The molecule has 1 saturated heterocycles. The SMILES string of the molecule is CO[C@@]1(NC(=O)CSC[C@@H](N)C(=O)O)C(=O)N2C(C(=O)[O-])C(CSc3nnnn3C)=CS[C@@H]21.[Na+]. The second kappa shape index (κ2) is 12.1. The Morgan fingerprint density at radius 1 is 1.47 bits per heavy atom. The number of aromatic nitrogens is 4. The largest absolute Gasteiger partial charge is 1.00 e. The topological polar surface area (TPSA) is 206 Å². The van der Waals surface area contributed by atoms with E-state index in [0.717, 1.165) is 28.4 Å². The van der Waals surface area contributed by atoms with Crippen molar-refractivity contribution in [2.24, 2.45) is 12.8 Å². The second-order valence-corrected chi connectivity index (χ2v) is 9.86. The number of fused-ring (bicyclic) bond motifs is 1. The smallest absolute Gasteiger partial charge is 0.548 e. The van der Waals surface area contributed by atoms with Gasteiger partial charge in [-0.25, -0.2) is 4.68 Å². The first-order chi connectivity index (χ1) is 15.6. The molecule has 2 aliphatic heterocycles. The summed E-state index contributed by atoms with van der Waals surface area (Å²) in [5.74, 6) is -3.94. The van der Waals surface area contributed by atoms with Gasteiger partial charge in [0.2, 0.25) is 11.1 Å². The molecule has 34 heavy (non-hydrogen) atoms. The number of ether oxygens (including phenoxy) is 1. The molecule has 2 aliphatic rings. The number of hydrogen-bond acceptors (Lipinski definition) is 13. The van der Waals surface area contributed by atoms with Gasteiger partial charge in [0, 0.05) is 25.7 Å². The molecule has 1 aromatic heterocycles. The van der Waals surface area contributed by atoms with E-state index in [1.54, 1.807) is 12.5 Å². The zero-order chi connectivity index (χ0) is 24.3. The number of aryl methyl sites for hydroxylation is 1. The summed E-state index contributed by atoms with van der Waals surface area (Å²) in [5, 5.41) is 35.5. The number of nitrogens with one attached hydrogen (secondary N) is 1. The third kappa shape index (κ3) is 5.72. The number of carboxylic acids is 2. The first-order valence-electron chi connectivity index (χ1n) is 9.27. The molecule has 1 aromatic rings. The Morgan fingerprint density at radius 2 is 2.18 bits per heavy atom. The zero-order valence-corrected chi connectivity index (χ0v) is 22.8. The number of β-lactam (4-membered cyclic amide) rings is 1. The van der Waals surface area contributed by atoms with E-state index in [4.69, 9.17) is 15.6 Å². The van der Waals surface area contributed by atoms with Crippen LogP contribution < -0.4 is 45.7 Å². The number of aliphatic carboxylic acids is 2. The zero-order valence-electron chi connectivity index (χ0n) is 18.4. The number of carboxylic acid groups (broad SMARTS) is 2. The van der Waals surface area contributed by atoms with Crippen LogP contribution in [-0.4, -0.2) is 102 Å². The van der Waals surface area contributed by atoms with Gasteiger partial charge < -0.3 is 35.7 Å². The molecule has 0 spiro atoms. The number of hydrogen-bond donors (Lipinski definition) is 3. The van der Waals surface area contributed by atoms with Gasteiger partial charge >= 0.3 is 35.5 Å². The summed E-state index contributed by atoms with van der Waals surface area (Å²) in [6.45, 7) is 0. The van der Waals surface area contributed by atoms with Crippen LogP contribution >= 0.6 is 35.3 Å². The number of nitrogens with zero attached hydrogens (tertiary/aromatic N) is 5. The van der Waals surface area contributed by atoms with Crippen LogP contribution in [0.1, 0.15) is 0 Å². The fraction of sp³-hybridized carbons (Fsp3) is 0.562. The van der Waals surface area contributed by atoms with Gasteiger partial charge in [0.15, 0.2) is 0 Å². The van der Waals surface area contributed by atoms with Crippen molar-refractivity contribution >= 4 is 59.0 Å². The minimum atomic E-state index is -1.76. The normalized spacial score (nSPS) is 24.3. The van der Waals surface area contributed by atoms with Crippen LogP contribution in [0.4, 0.5) is 0 Å². The van der Waals surface area contributed by atoms with Gasteiger partial charge in [-0.1, -0.05) is 11.8 Å². The van der Waals surface area contributed by atoms with Crippen molar-refractivity contribution in [3.8, 4) is 0 Å². The number of carbonyl (C=O) groups is 4. The average molecular weight is 542 g/mol. The van der Waals surface area contributed by atoms with Crippen molar-refractivity contribution in [1.82, 2.24) is 30.4 Å². The molecule has 1 unspecified atom stereocenters. The second-order valence-electron chi connectivity index (χ2n) is 6.94. The van der Waals surface area contributed by atoms with Crippen LogP contribution in [-0.2, 0) is 31.0 Å². The van der Waals surface area contributed by atoms with Crippen LogP contribution in [0.5, 0.6) is 0 Å². The number of carbonyl (C=O) groups excluding carboxylic acids is 3. The molecule has 180 valence electrons.